The zero-order chi connectivity index (χ0) is 22.5. The van der Waals surface area contributed by atoms with Crippen LogP contribution in [0.5, 0.6) is 0 Å². The van der Waals surface area contributed by atoms with Gasteiger partial charge in [0.1, 0.15) is 4.53 Å². The quantitative estimate of drug-likeness (QED) is 0.403. The molecule has 0 radical (unpaired) electrons. The number of para-hydroxylation sites is 1. The summed E-state index contributed by atoms with van der Waals surface area (Å²) in [5.74, 6) is 0.224. The lowest BCUT2D eigenvalue weighted by Gasteiger charge is -2.17. The number of halogens is 1. The molecule has 3 aromatic heterocycles. The SMILES string of the molecule is O=C1/C(=c2\sc3nc(-c4ccncc4)nn3c2=O)c2ccccc2N1Cc1ccc(Cl)cc1. The Labute approximate surface area is 196 Å². The summed E-state index contributed by atoms with van der Waals surface area (Å²) in [7, 11) is 0. The number of anilines is 1. The molecule has 7 nitrogen and oxygen atoms in total. The van der Waals surface area contributed by atoms with Crippen molar-refractivity contribution in [3.63, 3.8) is 0 Å². The molecule has 6 rings (SSSR count). The van der Waals surface area contributed by atoms with Crippen LogP contribution >= 0.6 is 22.9 Å². The van der Waals surface area contributed by atoms with Crippen molar-refractivity contribution in [2.24, 2.45) is 0 Å². The number of fused-ring (bicyclic) bond motifs is 2. The van der Waals surface area contributed by atoms with E-state index in [1.165, 1.54) is 15.9 Å². The minimum Gasteiger partial charge on any atom is -0.303 e. The van der Waals surface area contributed by atoms with Crippen molar-refractivity contribution < 1.29 is 4.79 Å². The Morgan fingerprint density at radius 3 is 2.45 bits per heavy atom. The second-order valence-corrected chi connectivity index (χ2v) is 8.93. The zero-order valence-electron chi connectivity index (χ0n) is 17.0. The largest absolute Gasteiger partial charge is 0.303 e. The lowest BCUT2D eigenvalue weighted by atomic mass is 10.1. The van der Waals surface area contributed by atoms with Crippen molar-refractivity contribution in [2.75, 3.05) is 4.90 Å². The first-order valence-corrected chi connectivity index (χ1v) is 11.3. The van der Waals surface area contributed by atoms with E-state index >= 15 is 0 Å². The van der Waals surface area contributed by atoms with Crippen LogP contribution in [0.3, 0.4) is 0 Å². The number of hydrogen-bond acceptors (Lipinski definition) is 6. The number of nitrogens with zero attached hydrogens (tertiary/aromatic N) is 5. The molecule has 5 aromatic rings. The van der Waals surface area contributed by atoms with Gasteiger partial charge < -0.3 is 4.90 Å². The fourth-order valence-corrected chi connectivity index (χ4v) is 5.06. The highest BCUT2D eigenvalue weighted by molar-refractivity contribution is 7.15. The molecule has 0 saturated heterocycles. The van der Waals surface area contributed by atoms with Gasteiger partial charge in [-0.3, -0.25) is 14.6 Å². The maximum atomic E-state index is 13.5. The monoisotopic (exact) mass is 471 g/mol. The summed E-state index contributed by atoms with van der Waals surface area (Å²) in [6.07, 6.45) is 3.29. The highest BCUT2D eigenvalue weighted by Gasteiger charge is 2.34. The topological polar surface area (TPSA) is 80.5 Å². The number of amides is 1. The van der Waals surface area contributed by atoms with Gasteiger partial charge in [0.05, 0.1) is 17.8 Å². The Kier molecular flexibility index (Phi) is 4.56. The molecule has 0 spiro atoms. The van der Waals surface area contributed by atoms with Gasteiger partial charge in [0.25, 0.3) is 11.5 Å². The number of pyridine rings is 1. The third kappa shape index (κ3) is 3.23. The number of aromatic nitrogens is 4. The van der Waals surface area contributed by atoms with Crippen LogP contribution in [0.4, 0.5) is 5.69 Å². The van der Waals surface area contributed by atoms with Gasteiger partial charge in [-0.2, -0.15) is 9.50 Å². The van der Waals surface area contributed by atoms with E-state index in [9.17, 15) is 9.59 Å². The van der Waals surface area contributed by atoms with Crippen LogP contribution in [-0.4, -0.2) is 25.5 Å². The first kappa shape index (κ1) is 19.8. The molecule has 4 heterocycles. The molecule has 0 fully saturated rings. The highest BCUT2D eigenvalue weighted by Crippen LogP contribution is 2.36. The number of rotatable bonds is 3. The molecule has 1 aliphatic rings. The van der Waals surface area contributed by atoms with Gasteiger partial charge in [-0.15, -0.1) is 5.10 Å². The van der Waals surface area contributed by atoms with E-state index in [0.717, 1.165) is 22.4 Å². The van der Waals surface area contributed by atoms with Crippen molar-refractivity contribution >= 4 is 45.1 Å². The lowest BCUT2D eigenvalue weighted by molar-refractivity contribution is -0.113. The van der Waals surface area contributed by atoms with Crippen molar-refractivity contribution in [2.45, 2.75) is 6.54 Å². The molecule has 33 heavy (non-hydrogen) atoms. The summed E-state index contributed by atoms with van der Waals surface area (Å²) < 4.78 is 1.60. The number of carbonyl (C=O) groups is 1. The Morgan fingerprint density at radius 2 is 1.70 bits per heavy atom. The molecule has 0 saturated carbocycles. The molecule has 0 atom stereocenters. The van der Waals surface area contributed by atoms with E-state index in [1.54, 1.807) is 41.6 Å². The minimum atomic E-state index is -0.352. The predicted octanol–water partition coefficient (Wildman–Crippen LogP) is 3.33. The Bertz CT molecular complexity index is 1640. The molecule has 9 heteroatoms. The fourth-order valence-electron chi connectivity index (χ4n) is 3.94. The van der Waals surface area contributed by atoms with Gasteiger partial charge in [-0.1, -0.05) is 53.3 Å². The van der Waals surface area contributed by atoms with Gasteiger partial charge in [0.2, 0.25) is 4.96 Å². The molecule has 0 aliphatic carbocycles. The minimum absolute atomic E-state index is 0.220. The van der Waals surface area contributed by atoms with E-state index in [-0.39, 0.29) is 11.5 Å². The van der Waals surface area contributed by atoms with Crippen LogP contribution in [0.2, 0.25) is 5.02 Å². The van der Waals surface area contributed by atoms with E-state index in [4.69, 9.17) is 11.6 Å². The Hall–Kier alpha value is -3.88. The van der Waals surface area contributed by atoms with Gasteiger partial charge in [0, 0.05) is 28.5 Å². The van der Waals surface area contributed by atoms with Crippen LogP contribution in [0.15, 0.2) is 77.9 Å². The number of benzene rings is 2. The average molecular weight is 472 g/mol. The van der Waals surface area contributed by atoms with Crippen LogP contribution < -0.4 is 15.0 Å². The van der Waals surface area contributed by atoms with Crippen LogP contribution in [0, 0.1) is 0 Å². The predicted molar refractivity (Wildman–Crippen MR) is 127 cm³/mol. The summed E-state index contributed by atoms with van der Waals surface area (Å²) in [6.45, 7) is 0.373. The normalized spacial score (nSPS) is 14.8. The first-order valence-electron chi connectivity index (χ1n) is 10.1. The molecular formula is C24H14ClN5O2S. The second-order valence-electron chi connectivity index (χ2n) is 7.51. The molecule has 1 aliphatic heterocycles. The summed E-state index contributed by atoms with van der Waals surface area (Å²) in [5, 5.41) is 5.01. The van der Waals surface area contributed by atoms with Crippen LogP contribution in [0.1, 0.15) is 11.1 Å². The van der Waals surface area contributed by atoms with Crippen molar-refractivity contribution in [1.82, 2.24) is 19.6 Å². The number of thiazole rings is 1. The maximum absolute atomic E-state index is 13.5. The summed E-state index contributed by atoms with van der Waals surface area (Å²) in [5.41, 5.74) is 3.24. The summed E-state index contributed by atoms with van der Waals surface area (Å²) >= 11 is 7.18. The third-order valence-electron chi connectivity index (χ3n) is 5.50. The molecular weight excluding hydrogens is 458 g/mol. The van der Waals surface area contributed by atoms with Gasteiger partial charge in [-0.05, 0) is 35.9 Å². The van der Waals surface area contributed by atoms with Crippen molar-refractivity contribution in [3.05, 3.63) is 104 Å². The van der Waals surface area contributed by atoms with E-state index in [1.807, 2.05) is 36.4 Å². The van der Waals surface area contributed by atoms with E-state index < -0.39 is 0 Å². The lowest BCUT2D eigenvalue weighted by Crippen LogP contribution is -2.32. The molecule has 160 valence electrons. The van der Waals surface area contributed by atoms with Crippen LogP contribution in [-0.2, 0) is 11.3 Å². The van der Waals surface area contributed by atoms with Crippen LogP contribution in [0.25, 0.3) is 21.9 Å². The number of hydrogen-bond donors (Lipinski definition) is 0. The summed E-state index contributed by atoms with van der Waals surface area (Å²) in [6, 6.07) is 18.4. The third-order valence-corrected chi connectivity index (χ3v) is 6.78. The molecule has 0 N–H and O–H groups in total. The summed E-state index contributed by atoms with van der Waals surface area (Å²) in [4.78, 5) is 37.4. The van der Waals surface area contributed by atoms with E-state index in [2.05, 4.69) is 15.1 Å². The maximum Gasteiger partial charge on any atom is 0.291 e. The smallest absolute Gasteiger partial charge is 0.291 e. The number of carbonyl (C=O) groups excluding carboxylic acids is 1. The highest BCUT2D eigenvalue weighted by atomic mass is 35.5. The second kappa shape index (κ2) is 7.61. The fraction of sp³-hybridized carbons (Fsp3) is 0.0417. The molecule has 1 amide bonds. The van der Waals surface area contributed by atoms with Crippen molar-refractivity contribution in [3.8, 4) is 11.4 Å². The standard InChI is InChI=1S/C24H14ClN5O2S/c25-16-7-5-14(6-8-16)13-29-18-4-2-1-3-17(18)19(22(29)31)20-23(32)30-24(33-20)27-21(28-30)15-9-11-26-12-10-15/h1-12H,13H2/b20-19-. The van der Waals surface area contributed by atoms with Gasteiger partial charge in [-0.25, -0.2) is 0 Å². The Morgan fingerprint density at radius 1 is 0.939 bits per heavy atom. The van der Waals surface area contributed by atoms with Gasteiger partial charge >= 0.3 is 0 Å². The molecule has 2 aromatic carbocycles. The molecule has 0 unspecified atom stereocenters. The van der Waals surface area contributed by atoms with Gasteiger partial charge in [0.15, 0.2) is 5.82 Å². The molecule has 0 bridgehead atoms. The first-order chi connectivity index (χ1) is 16.1. The zero-order valence-corrected chi connectivity index (χ0v) is 18.5. The Balaban J connectivity index is 1.49. The van der Waals surface area contributed by atoms with Crippen molar-refractivity contribution in [1.29, 1.82) is 0 Å². The average Bonchev–Trinajstić information content (AvgIpc) is 3.47. The van der Waals surface area contributed by atoms with E-state index in [0.29, 0.717) is 32.5 Å².